The predicted octanol–water partition coefficient (Wildman–Crippen LogP) is 4.20. The van der Waals surface area contributed by atoms with Crippen LogP contribution in [0.15, 0.2) is 34.3 Å². The third-order valence-electron chi connectivity index (χ3n) is 2.94. The maximum atomic E-state index is 13.2. The predicted molar refractivity (Wildman–Crippen MR) is 69.4 cm³/mol. The summed E-state index contributed by atoms with van der Waals surface area (Å²) >= 11 is 3.23. The minimum absolute atomic E-state index is 0.127. The highest BCUT2D eigenvalue weighted by molar-refractivity contribution is 9.10. The van der Waals surface area contributed by atoms with Crippen LogP contribution in [0, 0.1) is 5.82 Å². The molecule has 0 spiro atoms. The van der Waals surface area contributed by atoms with Crippen LogP contribution in [0.5, 0.6) is 0 Å². The quantitative estimate of drug-likeness (QED) is 0.817. The van der Waals surface area contributed by atoms with Gasteiger partial charge in [-0.3, -0.25) is 4.79 Å². The lowest BCUT2D eigenvalue weighted by molar-refractivity contribution is -0.115. The summed E-state index contributed by atoms with van der Waals surface area (Å²) in [6.45, 7) is 0. The van der Waals surface area contributed by atoms with Crippen molar-refractivity contribution in [1.29, 1.82) is 0 Å². The number of carbonyl (C=O) groups excluding carboxylic acids is 1. The molecule has 3 heteroatoms. The van der Waals surface area contributed by atoms with Crippen LogP contribution in [0.1, 0.15) is 31.2 Å². The molecule has 17 heavy (non-hydrogen) atoms. The van der Waals surface area contributed by atoms with Crippen LogP contribution in [-0.4, -0.2) is 5.78 Å². The van der Waals surface area contributed by atoms with E-state index in [-0.39, 0.29) is 11.6 Å². The Kier molecular flexibility index (Phi) is 4.11. The molecule has 0 fully saturated rings. The molecule has 0 amide bonds. The van der Waals surface area contributed by atoms with Gasteiger partial charge in [-0.1, -0.05) is 22.0 Å². The third-order valence-corrected chi connectivity index (χ3v) is 3.39. The fraction of sp³-hybridized carbons (Fsp3) is 0.357. The molecule has 0 saturated heterocycles. The minimum atomic E-state index is -0.306. The Morgan fingerprint density at radius 3 is 2.76 bits per heavy atom. The maximum absolute atomic E-state index is 13.2. The van der Waals surface area contributed by atoms with E-state index in [2.05, 4.69) is 15.9 Å². The fourth-order valence-electron chi connectivity index (χ4n) is 2.10. The van der Waals surface area contributed by atoms with Gasteiger partial charge < -0.3 is 0 Å². The van der Waals surface area contributed by atoms with Crippen molar-refractivity contribution in [3.63, 3.8) is 0 Å². The van der Waals surface area contributed by atoms with Gasteiger partial charge in [0.15, 0.2) is 5.78 Å². The number of hydrogen-bond acceptors (Lipinski definition) is 1. The zero-order valence-corrected chi connectivity index (χ0v) is 11.1. The highest BCUT2D eigenvalue weighted by Crippen LogP contribution is 2.21. The molecule has 0 unspecified atom stereocenters. The smallest absolute Gasteiger partial charge is 0.162 e. The van der Waals surface area contributed by atoms with Gasteiger partial charge >= 0.3 is 0 Å². The Bertz CT molecular complexity index is 445. The van der Waals surface area contributed by atoms with Crippen LogP contribution >= 0.6 is 15.9 Å². The topological polar surface area (TPSA) is 17.1 Å². The van der Waals surface area contributed by atoms with Gasteiger partial charge in [-0.05, 0) is 55.0 Å². The van der Waals surface area contributed by atoms with E-state index in [0.29, 0.717) is 10.9 Å². The number of hydrogen-bond donors (Lipinski definition) is 0. The van der Waals surface area contributed by atoms with Crippen molar-refractivity contribution in [2.75, 3.05) is 0 Å². The Morgan fingerprint density at radius 1 is 1.29 bits per heavy atom. The molecule has 1 aromatic rings. The van der Waals surface area contributed by atoms with E-state index in [1.807, 2.05) is 6.08 Å². The van der Waals surface area contributed by atoms with E-state index in [9.17, 15) is 9.18 Å². The van der Waals surface area contributed by atoms with E-state index in [4.69, 9.17) is 0 Å². The molecule has 0 heterocycles. The molecular formula is C14H14BrFO. The first-order chi connectivity index (χ1) is 8.15. The second kappa shape index (κ2) is 5.58. The van der Waals surface area contributed by atoms with Crippen molar-refractivity contribution in [2.45, 2.75) is 32.1 Å². The van der Waals surface area contributed by atoms with Crippen LogP contribution in [0.4, 0.5) is 4.39 Å². The van der Waals surface area contributed by atoms with Gasteiger partial charge in [0, 0.05) is 10.9 Å². The average Bonchev–Trinajstić information content (AvgIpc) is 2.28. The number of carbonyl (C=O) groups is 1. The van der Waals surface area contributed by atoms with Crippen LogP contribution in [0.2, 0.25) is 0 Å². The largest absolute Gasteiger partial charge is 0.294 e. The summed E-state index contributed by atoms with van der Waals surface area (Å²) in [6, 6.07) is 4.62. The molecule has 2 rings (SSSR count). The Hall–Kier alpha value is -0.960. The summed E-state index contributed by atoms with van der Waals surface area (Å²) in [5.41, 5.74) is 1.64. The molecule has 1 nitrogen and oxygen atoms in total. The molecule has 0 atom stereocenters. The monoisotopic (exact) mass is 296 g/mol. The number of halogens is 2. The minimum Gasteiger partial charge on any atom is -0.294 e. The second-order valence-electron chi connectivity index (χ2n) is 4.35. The first-order valence-corrected chi connectivity index (χ1v) is 6.61. The molecule has 1 aliphatic carbocycles. The van der Waals surface area contributed by atoms with Gasteiger partial charge in [-0.15, -0.1) is 0 Å². The van der Waals surface area contributed by atoms with Gasteiger partial charge in [-0.25, -0.2) is 4.39 Å². The van der Waals surface area contributed by atoms with Crippen LogP contribution in [0.3, 0.4) is 0 Å². The molecule has 1 aromatic carbocycles. The zero-order valence-electron chi connectivity index (χ0n) is 9.51. The Labute approximate surface area is 109 Å². The first-order valence-electron chi connectivity index (χ1n) is 5.82. The maximum Gasteiger partial charge on any atom is 0.162 e. The normalized spacial score (nSPS) is 15.5. The molecule has 0 bridgehead atoms. The number of rotatable bonds is 3. The number of Topliss-reactive ketones (excluding diaryl/α,β-unsaturated/α-hetero) is 1. The van der Waals surface area contributed by atoms with E-state index in [1.54, 1.807) is 6.07 Å². The van der Waals surface area contributed by atoms with Gasteiger partial charge in [-0.2, -0.15) is 0 Å². The van der Waals surface area contributed by atoms with Gasteiger partial charge in [0.25, 0.3) is 0 Å². The number of benzene rings is 1. The fourth-order valence-corrected chi connectivity index (χ4v) is 2.62. The number of ketones is 1. The lowest BCUT2D eigenvalue weighted by Crippen LogP contribution is -2.09. The summed E-state index contributed by atoms with van der Waals surface area (Å²) in [6.07, 6.45) is 6.44. The molecule has 0 N–H and O–H groups in total. The molecule has 0 aliphatic heterocycles. The van der Waals surface area contributed by atoms with Crippen LogP contribution < -0.4 is 0 Å². The van der Waals surface area contributed by atoms with Crippen molar-refractivity contribution in [3.8, 4) is 0 Å². The van der Waals surface area contributed by atoms with Crippen molar-refractivity contribution in [2.24, 2.45) is 0 Å². The van der Waals surface area contributed by atoms with Gasteiger partial charge in [0.2, 0.25) is 0 Å². The first kappa shape index (κ1) is 12.5. The number of allylic oxidation sites excluding steroid dienone is 2. The molecule has 1 aliphatic rings. The van der Waals surface area contributed by atoms with Crippen molar-refractivity contribution < 1.29 is 9.18 Å². The summed E-state index contributed by atoms with van der Waals surface area (Å²) < 4.78 is 13.8. The van der Waals surface area contributed by atoms with Crippen LogP contribution in [-0.2, 0) is 11.2 Å². The summed E-state index contributed by atoms with van der Waals surface area (Å²) in [7, 11) is 0. The van der Waals surface area contributed by atoms with Gasteiger partial charge in [0.1, 0.15) is 5.82 Å². The third kappa shape index (κ3) is 3.50. The lowest BCUT2D eigenvalue weighted by Gasteiger charge is -2.11. The standard InChI is InChI=1S/C14H14BrFO/c15-12-6-10(7-13(16)9-12)8-14(17)11-4-2-1-3-5-11/h4,6-7,9H,1-3,5,8H2. The summed E-state index contributed by atoms with van der Waals surface area (Å²) in [5.74, 6) is -0.179. The summed E-state index contributed by atoms with van der Waals surface area (Å²) in [4.78, 5) is 12.0. The van der Waals surface area contributed by atoms with Crippen LogP contribution in [0.25, 0.3) is 0 Å². The molecule has 0 saturated carbocycles. The highest BCUT2D eigenvalue weighted by atomic mass is 79.9. The average molecular weight is 297 g/mol. The Morgan fingerprint density at radius 2 is 2.12 bits per heavy atom. The Balaban J connectivity index is 2.09. The molecule has 0 aromatic heterocycles. The SMILES string of the molecule is O=C(Cc1cc(F)cc(Br)c1)C1=CCCCC1. The van der Waals surface area contributed by atoms with E-state index in [0.717, 1.165) is 30.4 Å². The summed E-state index contributed by atoms with van der Waals surface area (Å²) in [5, 5.41) is 0. The van der Waals surface area contributed by atoms with E-state index >= 15 is 0 Å². The molecule has 0 radical (unpaired) electrons. The van der Waals surface area contributed by atoms with Crippen molar-refractivity contribution in [3.05, 3.63) is 45.7 Å². The second-order valence-corrected chi connectivity index (χ2v) is 5.27. The van der Waals surface area contributed by atoms with E-state index in [1.165, 1.54) is 18.6 Å². The van der Waals surface area contributed by atoms with Crippen molar-refractivity contribution in [1.82, 2.24) is 0 Å². The van der Waals surface area contributed by atoms with Gasteiger partial charge in [0.05, 0.1) is 0 Å². The molecule has 90 valence electrons. The molecular weight excluding hydrogens is 283 g/mol. The lowest BCUT2D eigenvalue weighted by atomic mass is 9.93. The highest BCUT2D eigenvalue weighted by Gasteiger charge is 2.13. The van der Waals surface area contributed by atoms with E-state index < -0.39 is 0 Å². The van der Waals surface area contributed by atoms with Crippen molar-refractivity contribution >= 4 is 21.7 Å². The zero-order chi connectivity index (χ0) is 12.3.